The summed E-state index contributed by atoms with van der Waals surface area (Å²) in [4.78, 5) is 29.9. The van der Waals surface area contributed by atoms with Crippen molar-refractivity contribution >= 4 is 23.3 Å². The van der Waals surface area contributed by atoms with Gasteiger partial charge in [0.15, 0.2) is 0 Å². The van der Waals surface area contributed by atoms with E-state index < -0.39 is 6.04 Å². The maximum absolute atomic E-state index is 12.4. The lowest BCUT2D eigenvalue weighted by molar-refractivity contribution is -0.121. The van der Waals surface area contributed by atoms with Gasteiger partial charge in [0.05, 0.1) is 12.1 Å². The highest BCUT2D eigenvalue weighted by Crippen LogP contribution is 2.24. The van der Waals surface area contributed by atoms with E-state index in [1.165, 1.54) is 4.90 Å². The number of rotatable bonds is 3. The van der Waals surface area contributed by atoms with E-state index in [2.05, 4.69) is 10.3 Å². The van der Waals surface area contributed by atoms with Crippen LogP contribution in [0.5, 0.6) is 0 Å². The topological polar surface area (TPSA) is 62.3 Å². The van der Waals surface area contributed by atoms with Gasteiger partial charge in [-0.3, -0.25) is 9.59 Å². The van der Waals surface area contributed by atoms with Gasteiger partial charge in [-0.1, -0.05) is 18.2 Å². The molecule has 0 spiro atoms. The zero-order valence-electron chi connectivity index (χ0n) is 11.6. The molecule has 1 saturated heterocycles. The second-order valence-electron chi connectivity index (χ2n) is 5.02. The summed E-state index contributed by atoms with van der Waals surface area (Å²) in [7, 11) is 0. The molecule has 21 heavy (non-hydrogen) atoms. The quantitative estimate of drug-likeness (QED) is 0.875. The van der Waals surface area contributed by atoms with Gasteiger partial charge in [-0.2, -0.15) is 0 Å². The Hall–Kier alpha value is -2.69. The lowest BCUT2D eigenvalue weighted by Gasteiger charge is -2.15. The lowest BCUT2D eigenvalue weighted by atomic mass is 10.2. The van der Waals surface area contributed by atoms with E-state index in [4.69, 9.17) is 0 Å². The molecule has 106 valence electrons. The molecule has 5 nitrogen and oxygen atoms in total. The summed E-state index contributed by atoms with van der Waals surface area (Å²) in [5.41, 5.74) is 1.65. The summed E-state index contributed by atoms with van der Waals surface area (Å²) in [5.74, 6) is 0.168. The number of anilines is 2. The number of benzene rings is 1. The minimum absolute atomic E-state index is 0.142. The first-order chi connectivity index (χ1) is 10.1. The molecule has 3 rings (SSSR count). The van der Waals surface area contributed by atoms with Crippen molar-refractivity contribution in [2.45, 2.75) is 19.4 Å². The fraction of sp³-hybridized carbons (Fsp3) is 0.188. The van der Waals surface area contributed by atoms with E-state index in [1.807, 2.05) is 25.1 Å². The Kier molecular flexibility index (Phi) is 3.39. The number of hydrogen-bond acceptors (Lipinski definition) is 4. The first-order valence-electron chi connectivity index (χ1n) is 6.76. The number of aromatic nitrogens is 1. The van der Waals surface area contributed by atoms with E-state index in [0.717, 1.165) is 5.56 Å². The van der Waals surface area contributed by atoms with E-state index in [1.54, 1.807) is 30.5 Å². The van der Waals surface area contributed by atoms with Crippen LogP contribution in [0.1, 0.15) is 12.0 Å². The molecule has 1 aromatic carbocycles. The fourth-order valence-electron chi connectivity index (χ4n) is 2.39. The van der Waals surface area contributed by atoms with Crippen LogP contribution in [0.3, 0.4) is 0 Å². The standard InChI is InChI=1S/C16H15N3O2/c1-11-7-8-17-14(9-11)18-13-10-15(20)19(16(13)21)12-5-3-2-4-6-12/h2-9,13H,10H2,1H3,(H,17,18). The Labute approximate surface area is 122 Å². The molecule has 0 aliphatic carbocycles. The highest BCUT2D eigenvalue weighted by molar-refractivity contribution is 6.23. The Morgan fingerprint density at radius 2 is 1.95 bits per heavy atom. The molecule has 2 heterocycles. The van der Waals surface area contributed by atoms with Crippen LogP contribution >= 0.6 is 0 Å². The van der Waals surface area contributed by atoms with Gasteiger partial charge in [-0.05, 0) is 36.8 Å². The molecule has 0 saturated carbocycles. The zero-order valence-corrected chi connectivity index (χ0v) is 11.6. The fourth-order valence-corrected chi connectivity index (χ4v) is 2.39. The molecule has 2 aromatic rings. The second-order valence-corrected chi connectivity index (χ2v) is 5.02. The third kappa shape index (κ3) is 2.63. The third-order valence-corrected chi connectivity index (χ3v) is 3.40. The third-order valence-electron chi connectivity index (χ3n) is 3.40. The van der Waals surface area contributed by atoms with Crippen molar-refractivity contribution in [1.29, 1.82) is 0 Å². The summed E-state index contributed by atoms with van der Waals surface area (Å²) < 4.78 is 0. The van der Waals surface area contributed by atoms with Gasteiger partial charge in [0.1, 0.15) is 11.9 Å². The molecule has 1 aliphatic rings. The van der Waals surface area contributed by atoms with Crippen molar-refractivity contribution in [3.63, 3.8) is 0 Å². The minimum atomic E-state index is -0.563. The number of carbonyl (C=O) groups is 2. The maximum Gasteiger partial charge on any atom is 0.256 e. The van der Waals surface area contributed by atoms with Crippen molar-refractivity contribution in [3.05, 3.63) is 54.2 Å². The molecular weight excluding hydrogens is 266 g/mol. The van der Waals surface area contributed by atoms with Gasteiger partial charge < -0.3 is 5.32 Å². The number of aryl methyl sites for hydroxylation is 1. The lowest BCUT2D eigenvalue weighted by Crippen LogP contribution is -2.34. The van der Waals surface area contributed by atoms with Crippen LogP contribution in [-0.4, -0.2) is 22.8 Å². The molecular formula is C16H15N3O2. The number of pyridine rings is 1. The smallest absolute Gasteiger partial charge is 0.256 e. The van der Waals surface area contributed by atoms with Gasteiger partial charge >= 0.3 is 0 Å². The molecule has 0 radical (unpaired) electrons. The SMILES string of the molecule is Cc1ccnc(NC2CC(=O)N(c3ccccc3)C2=O)c1. The molecule has 1 atom stereocenters. The van der Waals surface area contributed by atoms with Crippen molar-refractivity contribution in [2.24, 2.45) is 0 Å². The number of nitrogens with one attached hydrogen (secondary N) is 1. The minimum Gasteiger partial charge on any atom is -0.358 e. The number of imide groups is 1. The largest absolute Gasteiger partial charge is 0.358 e. The van der Waals surface area contributed by atoms with Gasteiger partial charge in [0.2, 0.25) is 5.91 Å². The first-order valence-corrected chi connectivity index (χ1v) is 6.76. The van der Waals surface area contributed by atoms with Gasteiger partial charge in [0, 0.05) is 6.20 Å². The van der Waals surface area contributed by atoms with Crippen LogP contribution < -0.4 is 10.2 Å². The average molecular weight is 281 g/mol. The summed E-state index contributed by atoms with van der Waals surface area (Å²) in [6.45, 7) is 1.95. The second kappa shape index (κ2) is 5.36. The number of para-hydroxylation sites is 1. The average Bonchev–Trinajstić information content (AvgIpc) is 2.74. The predicted molar refractivity (Wildman–Crippen MR) is 79.9 cm³/mol. The molecule has 1 aromatic heterocycles. The number of hydrogen-bond donors (Lipinski definition) is 1. The van der Waals surface area contributed by atoms with Gasteiger partial charge in [-0.25, -0.2) is 9.88 Å². The summed E-state index contributed by atoms with van der Waals surface area (Å²) >= 11 is 0. The van der Waals surface area contributed by atoms with E-state index in [0.29, 0.717) is 11.5 Å². The van der Waals surface area contributed by atoms with Crippen molar-refractivity contribution in [3.8, 4) is 0 Å². The maximum atomic E-state index is 12.4. The van der Waals surface area contributed by atoms with E-state index in [-0.39, 0.29) is 18.2 Å². The monoisotopic (exact) mass is 281 g/mol. The Morgan fingerprint density at radius 1 is 1.19 bits per heavy atom. The van der Waals surface area contributed by atoms with Crippen molar-refractivity contribution < 1.29 is 9.59 Å². The molecule has 2 amide bonds. The Bertz CT molecular complexity index is 685. The Balaban J connectivity index is 1.81. The summed E-state index contributed by atoms with van der Waals surface area (Å²) in [5, 5.41) is 3.04. The normalized spacial score (nSPS) is 18.1. The van der Waals surface area contributed by atoms with Gasteiger partial charge in [0.25, 0.3) is 5.91 Å². The molecule has 1 N–H and O–H groups in total. The molecule has 1 unspecified atom stereocenters. The van der Waals surface area contributed by atoms with Crippen LogP contribution in [0.15, 0.2) is 48.7 Å². The van der Waals surface area contributed by atoms with Crippen molar-refractivity contribution in [1.82, 2.24) is 4.98 Å². The highest BCUT2D eigenvalue weighted by atomic mass is 16.2. The summed E-state index contributed by atoms with van der Waals surface area (Å²) in [6, 6.07) is 12.1. The van der Waals surface area contributed by atoms with E-state index >= 15 is 0 Å². The Morgan fingerprint density at radius 3 is 2.67 bits per heavy atom. The van der Waals surface area contributed by atoms with Crippen LogP contribution in [0.25, 0.3) is 0 Å². The van der Waals surface area contributed by atoms with Crippen LogP contribution in [0.4, 0.5) is 11.5 Å². The first kappa shape index (κ1) is 13.3. The predicted octanol–water partition coefficient (Wildman–Crippen LogP) is 2.13. The van der Waals surface area contributed by atoms with Crippen LogP contribution in [0, 0.1) is 6.92 Å². The zero-order chi connectivity index (χ0) is 14.8. The van der Waals surface area contributed by atoms with Crippen LogP contribution in [0.2, 0.25) is 0 Å². The van der Waals surface area contributed by atoms with E-state index in [9.17, 15) is 9.59 Å². The molecule has 1 fully saturated rings. The highest BCUT2D eigenvalue weighted by Gasteiger charge is 2.39. The van der Waals surface area contributed by atoms with Gasteiger partial charge in [-0.15, -0.1) is 0 Å². The molecule has 1 aliphatic heterocycles. The van der Waals surface area contributed by atoms with Crippen LogP contribution in [-0.2, 0) is 9.59 Å². The number of carbonyl (C=O) groups excluding carboxylic acids is 2. The number of nitrogens with zero attached hydrogens (tertiary/aromatic N) is 2. The molecule has 5 heteroatoms. The summed E-state index contributed by atoms with van der Waals surface area (Å²) in [6.07, 6.45) is 1.82. The molecule has 0 bridgehead atoms. The van der Waals surface area contributed by atoms with Crippen molar-refractivity contribution in [2.75, 3.05) is 10.2 Å². The number of amides is 2.